The predicted octanol–water partition coefficient (Wildman–Crippen LogP) is 5.86. The molecule has 5 rings (SSSR count). The number of amides is 2. The first-order valence-corrected chi connectivity index (χ1v) is 12.7. The van der Waals surface area contributed by atoms with Gasteiger partial charge in [-0.1, -0.05) is 61.9 Å². The molecule has 0 fully saturated rings. The molecule has 37 heavy (non-hydrogen) atoms. The number of ether oxygens (including phenoxy) is 1. The Balaban J connectivity index is 1.54. The third-order valence-corrected chi connectivity index (χ3v) is 6.82. The zero-order valence-corrected chi connectivity index (χ0v) is 21.2. The zero-order valence-electron chi connectivity index (χ0n) is 21.2. The molecule has 1 aliphatic heterocycles. The van der Waals surface area contributed by atoms with Gasteiger partial charge in [0, 0.05) is 18.3 Å². The molecule has 6 nitrogen and oxygen atoms in total. The SMILES string of the molecule is CCCCN(CC(=O)N1c2ccccc2-n2cccc2C1c1ccccc1)C(=O)c1cccc(OC)c1. The van der Waals surface area contributed by atoms with Crippen molar-refractivity contribution < 1.29 is 14.3 Å². The van der Waals surface area contributed by atoms with Gasteiger partial charge in [0.15, 0.2) is 0 Å². The molecule has 0 aliphatic carbocycles. The first-order valence-electron chi connectivity index (χ1n) is 12.7. The van der Waals surface area contributed by atoms with Crippen LogP contribution in [0.15, 0.2) is 97.2 Å². The quantitative estimate of drug-likeness (QED) is 0.309. The monoisotopic (exact) mass is 493 g/mol. The molecule has 1 atom stereocenters. The van der Waals surface area contributed by atoms with Crippen LogP contribution in [0.4, 0.5) is 5.69 Å². The van der Waals surface area contributed by atoms with Crippen molar-refractivity contribution >= 4 is 17.5 Å². The Morgan fingerprint density at radius 1 is 0.892 bits per heavy atom. The van der Waals surface area contributed by atoms with E-state index in [0.717, 1.165) is 35.5 Å². The molecule has 1 aromatic heterocycles. The number of rotatable bonds is 8. The van der Waals surface area contributed by atoms with Gasteiger partial charge in [-0.05, 0) is 54.4 Å². The zero-order chi connectivity index (χ0) is 25.8. The summed E-state index contributed by atoms with van der Waals surface area (Å²) in [5, 5.41) is 0. The van der Waals surface area contributed by atoms with Crippen LogP contribution >= 0.6 is 0 Å². The molecule has 0 radical (unpaired) electrons. The maximum absolute atomic E-state index is 14.2. The number of hydrogen-bond donors (Lipinski definition) is 0. The Morgan fingerprint density at radius 3 is 2.41 bits per heavy atom. The number of carbonyl (C=O) groups is 2. The molecule has 1 aliphatic rings. The topological polar surface area (TPSA) is 54.8 Å². The number of nitrogens with zero attached hydrogens (tertiary/aromatic N) is 3. The van der Waals surface area contributed by atoms with E-state index in [4.69, 9.17) is 4.74 Å². The first-order chi connectivity index (χ1) is 18.1. The minimum atomic E-state index is -0.307. The second-order valence-corrected chi connectivity index (χ2v) is 9.18. The fourth-order valence-corrected chi connectivity index (χ4v) is 4.99. The third-order valence-electron chi connectivity index (χ3n) is 6.82. The van der Waals surface area contributed by atoms with Crippen LogP contribution in [0.5, 0.6) is 5.75 Å². The standard InChI is InChI=1S/C31H31N3O3/c1-3-4-19-32(31(36)24-14-10-15-25(21-24)37-2)22-29(35)34-27-17-9-8-16-26(27)33-20-11-18-28(33)30(34)23-12-6-5-7-13-23/h5-18,20-21,30H,3-4,19,22H2,1-2H3. The van der Waals surface area contributed by atoms with E-state index in [1.54, 1.807) is 30.2 Å². The molecule has 0 spiro atoms. The lowest BCUT2D eigenvalue weighted by molar-refractivity contribution is -0.119. The van der Waals surface area contributed by atoms with Crippen molar-refractivity contribution in [3.63, 3.8) is 0 Å². The third kappa shape index (κ3) is 4.75. The van der Waals surface area contributed by atoms with E-state index < -0.39 is 0 Å². The van der Waals surface area contributed by atoms with E-state index in [0.29, 0.717) is 17.9 Å². The molecule has 2 heterocycles. The largest absolute Gasteiger partial charge is 0.497 e. The molecule has 0 saturated heterocycles. The van der Waals surface area contributed by atoms with E-state index in [9.17, 15) is 9.59 Å². The molecule has 0 bridgehead atoms. The number of fused-ring (bicyclic) bond motifs is 3. The van der Waals surface area contributed by atoms with Crippen molar-refractivity contribution in [2.75, 3.05) is 25.1 Å². The molecule has 3 aromatic carbocycles. The van der Waals surface area contributed by atoms with Crippen LogP contribution in [-0.2, 0) is 4.79 Å². The Kier molecular flexibility index (Phi) is 7.08. The smallest absolute Gasteiger partial charge is 0.254 e. The van der Waals surface area contributed by atoms with Crippen molar-refractivity contribution in [1.82, 2.24) is 9.47 Å². The van der Waals surface area contributed by atoms with Crippen molar-refractivity contribution in [3.8, 4) is 11.4 Å². The van der Waals surface area contributed by atoms with Crippen molar-refractivity contribution in [3.05, 3.63) is 114 Å². The molecule has 6 heteroatoms. The maximum atomic E-state index is 14.2. The molecule has 4 aromatic rings. The van der Waals surface area contributed by atoms with Gasteiger partial charge < -0.3 is 14.2 Å². The van der Waals surface area contributed by atoms with Crippen LogP contribution in [0.25, 0.3) is 5.69 Å². The van der Waals surface area contributed by atoms with Gasteiger partial charge in [-0.2, -0.15) is 0 Å². The summed E-state index contributed by atoms with van der Waals surface area (Å²) in [4.78, 5) is 31.3. The highest BCUT2D eigenvalue weighted by Gasteiger charge is 2.36. The summed E-state index contributed by atoms with van der Waals surface area (Å²) in [5.74, 6) is 0.314. The Hall–Kier alpha value is -4.32. The minimum Gasteiger partial charge on any atom is -0.497 e. The Labute approximate surface area is 217 Å². The van der Waals surface area contributed by atoms with E-state index in [1.165, 1.54) is 0 Å². The van der Waals surface area contributed by atoms with Gasteiger partial charge in [0.1, 0.15) is 18.3 Å². The number of methoxy groups -OCH3 is 1. The average molecular weight is 494 g/mol. The van der Waals surface area contributed by atoms with Gasteiger partial charge in [0.25, 0.3) is 5.91 Å². The number of anilines is 1. The molecule has 188 valence electrons. The fourth-order valence-electron chi connectivity index (χ4n) is 4.99. The fraction of sp³-hybridized carbons (Fsp3) is 0.226. The van der Waals surface area contributed by atoms with Crippen molar-refractivity contribution in [2.45, 2.75) is 25.8 Å². The lowest BCUT2D eigenvalue weighted by atomic mass is 9.97. The van der Waals surface area contributed by atoms with Gasteiger partial charge in [-0.15, -0.1) is 0 Å². The number of aromatic nitrogens is 1. The highest BCUT2D eigenvalue weighted by Crippen LogP contribution is 2.42. The van der Waals surface area contributed by atoms with Crippen molar-refractivity contribution in [2.24, 2.45) is 0 Å². The molecular formula is C31H31N3O3. The van der Waals surface area contributed by atoms with Crippen LogP contribution in [0.3, 0.4) is 0 Å². The first kappa shape index (κ1) is 24.4. The summed E-state index contributed by atoms with van der Waals surface area (Å²) in [6.07, 6.45) is 3.76. The number of hydrogen-bond acceptors (Lipinski definition) is 3. The number of benzene rings is 3. The van der Waals surface area contributed by atoms with Gasteiger partial charge in [-0.3, -0.25) is 14.5 Å². The summed E-state index contributed by atoms with van der Waals surface area (Å²) in [6, 6.07) is 28.9. The summed E-state index contributed by atoms with van der Waals surface area (Å²) < 4.78 is 7.47. The van der Waals surface area contributed by atoms with Crippen LogP contribution in [0.1, 0.15) is 47.4 Å². The number of para-hydroxylation sites is 2. The average Bonchev–Trinajstić information content (AvgIpc) is 3.44. The number of carbonyl (C=O) groups excluding carboxylic acids is 2. The molecule has 2 amide bonds. The highest BCUT2D eigenvalue weighted by atomic mass is 16.5. The maximum Gasteiger partial charge on any atom is 0.254 e. The lowest BCUT2D eigenvalue weighted by Crippen LogP contribution is -2.47. The van der Waals surface area contributed by atoms with Gasteiger partial charge in [0.05, 0.1) is 24.2 Å². The van der Waals surface area contributed by atoms with E-state index in [2.05, 4.69) is 17.6 Å². The van der Waals surface area contributed by atoms with E-state index in [-0.39, 0.29) is 24.4 Å². The predicted molar refractivity (Wildman–Crippen MR) is 145 cm³/mol. The van der Waals surface area contributed by atoms with Crippen molar-refractivity contribution in [1.29, 1.82) is 0 Å². The van der Waals surface area contributed by atoms with Gasteiger partial charge >= 0.3 is 0 Å². The lowest BCUT2D eigenvalue weighted by Gasteiger charge is -2.39. The van der Waals surface area contributed by atoms with Gasteiger partial charge in [0.2, 0.25) is 5.91 Å². The second kappa shape index (κ2) is 10.7. The molecule has 0 N–H and O–H groups in total. The Bertz CT molecular complexity index is 1400. The van der Waals surface area contributed by atoms with E-state index in [1.807, 2.05) is 77.8 Å². The van der Waals surface area contributed by atoms with Crippen LogP contribution in [-0.4, -0.2) is 41.5 Å². The van der Waals surface area contributed by atoms with Crippen LogP contribution < -0.4 is 9.64 Å². The summed E-state index contributed by atoms with van der Waals surface area (Å²) in [7, 11) is 1.58. The normalized spacial score (nSPS) is 14.0. The second-order valence-electron chi connectivity index (χ2n) is 9.18. The molecular weight excluding hydrogens is 462 g/mol. The van der Waals surface area contributed by atoms with Crippen LogP contribution in [0.2, 0.25) is 0 Å². The van der Waals surface area contributed by atoms with Gasteiger partial charge in [-0.25, -0.2) is 0 Å². The number of unbranched alkanes of at least 4 members (excludes halogenated alkanes) is 1. The summed E-state index contributed by atoms with van der Waals surface area (Å²) in [6.45, 7) is 2.56. The summed E-state index contributed by atoms with van der Waals surface area (Å²) >= 11 is 0. The molecule has 0 saturated carbocycles. The minimum absolute atomic E-state index is 0.0194. The highest BCUT2D eigenvalue weighted by molar-refractivity contribution is 6.02. The molecule has 1 unspecified atom stereocenters. The Morgan fingerprint density at radius 2 is 1.65 bits per heavy atom. The summed E-state index contributed by atoms with van der Waals surface area (Å²) in [5.41, 5.74) is 4.31. The van der Waals surface area contributed by atoms with Crippen LogP contribution in [0, 0.1) is 0 Å². The van der Waals surface area contributed by atoms with E-state index >= 15 is 0 Å².